The number of pyridine rings is 1. The zero-order chi connectivity index (χ0) is 19.4. The number of aliphatic imine (C=N–C) groups is 1. The number of carbonyl (C=O) groups is 1. The lowest BCUT2D eigenvalue weighted by atomic mass is 9.83. The van der Waals surface area contributed by atoms with E-state index < -0.39 is 0 Å². The monoisotopic (exact) mass is 375 g/mol. The fourth-order valence-electron chi connectivity index (χ4n) is 3.48. The Morgan fingerprint density at radius 2 is 2.04 bits per heavy atom. The van der Waals surface area contributed by atoms with Crippen molar-refractivity contribution < 1.29 is 9.53 Å². The number of nitrogens with zero attached hydrogens (tertiary/aromatic N) is 2. The molecule has 0 atom stereocenters. The van der Waals surface area contributed by atoms with E-state index in [0.29, 0.717) is 18.7 Å². The molecule has 1 aromatic rings. The molecule has 3 N–H and O–H groups in total. The maximum Gasteiger partial charge on any atom is 0.252 e. The molecule has 2 rings (SSSR count). The van der Waals surface area contributed by atoms with Gasteiger partial charge < -0.3 is 20.7 Å². The molecule has 150 valence electrons. The van der Waals surface area contributed by atoms with Crippen LogP contribution in [0.1, 0.15) is 49.4 Å². The van der Waals surface area contributed by atoms with Gasteiger partial charge in [-0.3, -0.25) is 14.8 Å². The van der Waals surface area contributed by atoms with E-state index in [1.54, 1.807) is 31.6 Å². The van der Waals surface area contributed by atoms with Crippen molar-refractivity contribution >= 4 is 11.9 Å². The lowest BCUT2D eigenvalue weighted by Gasteiger charge is -2.27. The van der Waals surface area contributed by atoms with Crippen LogP contribution >= 0.6 is 0 Å². The van der Waals surface area contributed by atoms with Crippen molar-refractivity contribution in [3.8, 4) is 0 Å². The molecule has 1 fully saturated rings. The minimum absolute atomic E-state index is 0.115. The topological polar surface area (TPSA) is 87.6 Å². The van der Waals surface area contributed by atoms with Gasteiger partial charge >= 0.3 is 0 Å². The minimum Gasteiger partial charge on any atom is -0.385 e. The van der Waals surface area contributed by atoms with Crippen molar-refractivity contribution in [3.63, 3.8) is 0 Å². The quantitative estimate of drug-likeness (QED) is 0.331. The highest BCUT2D eigenvalue weighted by Gasteiger charge is 2.33. The fraction of sp³-hybridized carbons (Fsp3) is 0.650. The molecule has 0 spiro atoms. The number of amides is 1. The summed E-state index contributed by atoms with van der Waals surface area (Å²) in [4.78, 5) is 20.8. The molecule has 0 saturated heterocycles. The van der Waals surface area contributed by atoms with Crippen LogP contribution in [0.5, 0.6) is 0 Å². The summed E-state index contributed by atoms with van der Waals surface area (Å²) < 4.78 is 5.30. The maximum atomic E-state index is 12.0. The van der Waals surface area contributed by atoms with Gasteiger partial charge in [0.2, 0.25) is 0 Å². The zero-order valence-corrected chi connectivity index (χ0v) is 16.6. The van der Waals surface area contributed by atoms with Crippen LogP contribution in [-0.2, 0) is 4.74 Å². The number of nitrogens with one attached hydrogen (secondary N) is 3. The molecule has 1 amide bonds. The average Bonchev–Trinajstić information content (AvgIpc) is 3.17. The molecule has 1 aromatic heterocycles. The Balaban J connectivity index is 1.80. The van der Waals surface area contributed by atoms with Crippen LogP contribution in [0.15, 0.2) is 29.5 Å². The normalized spacial score (nSPS) is 16.1. The second-order valence-corrected chi connectivity index (χ2v) is 7.07. The van der Waals surface area contributed by atoms with Gasteiger partial charge in [-0.25, -0.2) is 0 Å². The number of aromatic nitrogens is 1. The van der Waals surface area contributed by atoms with Crippen LogP contribution in [0.3, 0.4) is 0 Å². The third-order valence-electron chi connectivity index (χ3n) is 5.04. The van der Waals surface area contributed by atoms with E-state index in [-0.39, 0.29) is 11.3 Å². The van der Waals surface area contributed by atoms with Crippen molar-refractivity contribution in [1.82, 2.24) is 20.9 Å². The fourth-order valence-corrected chi connectivity index (χ4v) is 3.48. The molecule has 1 aliphatic rings. The molecule has 1 saturated carbocycles. The highest BCUT2D eigenvalue weighted by Crippen LogP contribution is 2.41. The van der Waals surface area contributed by atoms with Crippen LogP contribution in [0.25, 0.3) is 0 Å². The van der Waals surface area contributed by atoms with Crippen LogP contribution in [0.4, 0.5) is 0 Å². The van der Waals surface area contributed by atoms with Gasteiger partial charge in [-0.05, 0) is 43.7 Å². The highest BCUT2D eigenvalue weighted by molar-refractivity contribution is 5.93. The first-order chi connectivity index (χ1) is 13.2. The number of guanidine groups is 1. The van der Waals surface area contributed by atoms with Crippen LogP contribution in [0, 0.1) is 5.41 Å². The molecule has 27 heavy (non-hydrogen) atoms. The minimum atomic E-state index is -0.115. The van der Waals surface area contributed by atoms with E-state index in [1.165, 1.54) is 25.7 Å². The van der Waals surface area contributed by atoms with Gasteiger partial charge in [0.1, 0.15) is 0 Å². The van der Waals surface area contributed by atoms with E-state index >= 15 is 0 Å². The molecule has 0 unspecified atom stereocenters. The number of rotatable bonds is 10. The largest absolute Gasteiger partial charge is 0.385 e. The second kappa shape index (κ2) is 11.5. The Kier molecular flexibility index (Phi) is 9.04. The Bertz CT molecular complexity index is 585. The van der Waals surface area contributed by atoms with Gasteiger partial charge in [-0.1, -0.05) is 12.8 Å². The number of ether oxygens (including phenoxy) is 1. The lowest BCUT2D eigenvalue weighted by Crippen LogP contribution is -2.42. The third kappa shape index (κ3) is 7.17. The molecule has 7 nitrogen and oxygen atoms in total. The molecule has 0 radical (unpaired) electrons. The Morgan fingerprint density at radius 3 is 2.70 bits per heavy atom. The molecular weight excluding hydrogens is 342 g/mol. The number of carbonyl (C=O) groups excluding carboxylic acids is 1. The van der Waals surface area contributed by atoms with Crippen molar-refractivity contribution in [3.05, 3.63) is 30.1 Å². The van der Waals surface area contributed by atoms with Crippen molar-refractivity contribution in [1.29, 1.82) is 0 Å². The predicted molar refractivity (Wildman–Crippen MR) is 108 cm³/mol. The summed E-state index contributed by atoms with van der Waals surface area (Å²) >= 11 is 0. The Labute approximate surface area is 162 Å². The summed E-state index contributed by atoms with van der Waals surface area (Å²) in [6.07, 6.45) is 9.29. The third-order valence-corrected chi connectivity index (χ3v) is 5.04. The first-order valence-corrected chi connectivity index (χ1v) is 9.88. The van der Waals surface area contributed by atoms with E-state index in [1.807, 2.05) is 0 Å². The molecule has 7 heteroatoms. The Hall–Kier alpha value is -2.15. The van der Waals surface area contributed by atoms with Gasteiger partial charge in [-0.2, -0.15) is 0 Å². The SMILES string of the molecule is CCNC(=NCC1(CCOC)CCCC1)NCCNC(=O)c1cccnc1. The summed E-state index contributed by atoms with van der Waals surface area (Å²) in [6.45, 7) is 5.60. The molecule has 0 aromatic carbocycles. The molecule has 1 aliphatic carbocycles. The van der Waals surface area contributed by atoms with E-state index in [9.17, 15) is 4.79 Å². The van der Waals surface area contributed by atoms with Crippen molar-refractivity contribution in [2.75, 3.05) is 39.9 Å². The molecule has 0 aliphatic heterocycles. The van der Waals surface area contributed by atoms with Gasteiger partial charge in [0, 0.05) is 52.3 Å². The zero-order valence-electron chi connectivity index (χ0n) is 16.6. The van der Waals surface area contributed by atoms with Crippen molar-refractivity contribution in [2.24, 2.45) is 10.4 Å². The van der Waals surface area contributed by atoms with Gasteiger partial charge in [0.05, 0.1) is 5.56 Å². The first kappa shape index (κ1) is 21.2. The summed E-state index contributed by atoms with van der Waals surface area (Å²) in [5.74, 6) is 0.688. The van der Waals surface area contributed by atoms with Crippen LogP contribution in [0.2, 0.25) is 0 Å². The molecule has 0 bridgehead atoms. The van der Waals surface area contributed by atoms with E-state index in [2.05, 4.69) is 27.9 Å². The standard InChI is InChI=1S/C20H33N5O2/c1-3-22-19(25-16-20(10-14-27-2)8-4-5-9-20)24-13-12-23-18(26)17-7-6-11-21-15-17/h6-7,11,15H,3-5,8-10,12-14,16H2,1-2H3,(H,23,26)(H2,22,24,25). The van der Waals surface area contributed by atoms with Crippen molar-refractivity contribution in [2.45, 2.75) is 39.0 Å². The Morgan fingerprint density at radius 1 is 1.26 bits per heavy atom. The predicted octanol–water partition coefficient (Wildman–Crippen LogP) is 1.96. The summed E-state index contributed by atoms with van der Waals surface area (Å²) in [6, 6.07) is 3.51. The highest BCUT2D eigenvalue weighted by atomic mass is 16.5. The average molecular weight is 376 g/mol. The summed E-state index contributed by atoms with van der Waals surface area (Å²) in [7, 11) is 1.76. The molecular formula is C20H33N5O2. The van der Waals surface area contributed by atoms with Gasteiger partial charge in [0.15, 0.2) is 5.96 Å². The molecule has 1 heterocycles. The smallest absolute Gasteiger partial charge is 0.252 e. The first-order valence-electron chi connectivity index (χ1n) is 9.88. The number of methoxy groups -OCH3 is 1. The maximum absolute atomic E-state index is 12.0. The number of hydrogen-bond acceptors (Lipinski definition) is 4. The second-order valence-electron chi connectivity index (χ2n) is 7.07. The van der Waals surface area contributed by atoms with Crippen LogP contribution in [-0.4, -0.2) is 56.7 Å². The lowest BCUT2D eigenvalue weighted by molar-refractivity contribution is 0.0954. The van der Waals surface area contributed by atoms with E-state index in [0.717, 1.165) is 32.1 Å². The number of hydrogen-bond donors (Lipinski definition) is 3. The summed E-state index contributed by atoms with van der Waals surface area (Å²) in [5.41, 5.74) is 0.840. The summed E-state index contributed by atoms with van der Waals surface area (Å²) in [5, 5.41) is 9.47. The van der Waals surface area contributed by atoms with Crippen LogP contribution < -0.4 is 16.0 Å². The van der Waals surface area contributed by atoms with E-state index in [4.69, 9.17) is 9.73 Å². The van der Waals surface area contributed by atoms with Gasteiger partial charge in [-0.15, -0.1) is 0 Å². The van der Waals surface area contributed by atoms with Gasteiger partial charge in [0.25, 0.3) is 5.91 Å².